The van der Waals surface area contributed by atoms with Gasteiger partial charge < -0.3 is 24.0 Å². The summed E-state index contributed by atoms with van der Waals surface area (Å²) < 4.78 is 18.8. The Kier molecular flexibility index (Phi) is 9.48. The van der Waals surface area contributed by atoms with Crippen LogP contribution in [0.4, 0.5) is 5.82 Å². The Balaban J connectivity index is 2.05. The van der Waals surface area contributed by atoms with Gasteiger partial charge in [0.15, 0.2) is 18.3 Å². The third kappa shape index (κ3) is 7.19. The minimum atomic E-state index is -1.19. The zero-order valence-electron chi connectivity index (χ0n) is 23.0. The van der Waals surface area contributed by atoms with E-state index in [9.17, 15) is 10.1 Å². The van der Waals surface area contributed by atoms with Crippen molar-refractivity contribution in [3.8, 4) is 17.5 Å². The van der Waals surface area contributed by atoms with Gasteiger partial charge in [-0.1, -0.05) is 25.7 Å². The van der Waals surface area contributed by atoms with Crippen LogP contribution in [0.15, 0.2) is 17.1 Å². The molecule has 2 heterocycles. The number of aliphatic imine (C=N–C) groups is 1. The van der Waals surface area contributed by atoms with Crippen molar-refractivity contribution in [2.75, 3.05) is 53.8 Å². The third-order valence-corrected chi connectivity index (χ3v) is 7.66. The van der Waals surface area contributed by atoms with Crippen molar-refractivity contribution in [3.05, 3.63) is 34.8 Å². The molecule has 1 fully saturated rings. The van der Waals surface area contributed by atoms with E-state index in [4.69, 9.17) is 14.2 Å². The van der Waals surface area contributed by atoms with E-state index >= 15 is 0 Å². The molecule has 3 rings (SSSR count). The van der Waals surface area contributed by atoms with Gasteiger partial charge in [0.1, 0.15) is 11.8 Å². The van der Waals surface area contributed by atoms with Crippen molar-refractivity contribution in [2.45, 2.75) is 39.5 Å². The molecule has 200 valence electrons. The van der Waals surface area contributed by atoms with Crippen LogP contribution in [0.5, 0.6) is 5.75 Å². The molecule has 0 unspecified atom stereocenters. The molecule has 1 aliphatic rings. The highest BCUT2D eigenvalue weighted by Gasteiger charge is 2.30. The van der Waals surface area contributed by atoms with E-state index in [-0.39, 0.29) is 24.2 Å². The van der Waals surface area contributed by atoms with E-state index in [1.165, 1.54) is 0 Å². The molecule has 0 N–H and O–H groups in total. The monoisotopic (exact) mass is 526 g/mol. The Labute approximate surface area is 220 Å². The van der Waals surface area contributed by atoms with Crippen LogP contribution in [0.1, 0.15) is 27.4 Å². The van der Waals surface area contributed by atoms with E-state index in [0.717, 1.165) is 17.2 Å². The Hall–Kier alpha value is -3.20. The first-order valence-corrected chi connectivity index (χ1v) is 16.2. The van der Waals surface area contributed by atoms with Crippen molar-refractivity contribution < 1.29 is 19.0 Å². The Morgan fingerprint density at radius 1 is 1.27 bits per heavy atom. The van der Waals surface area contributed by atoms with Gasteiger partial charge in [0.25, 0.3) is 5.91 Å². The molecule has 2 aromatic rings. The minimum Gasteiger partial charge on any atom is -0.467 e. The van der Waals surface area contributed by atoms with Crippen molar-refractivity contribution in [3.63, 3.8) is 0 Å². The number of morpholine rings is 1. The number of aromatic nitrogens is 2. The number of aryl methyl sites for hydroxylation is 1. The summed E-state index contributed by atoms with van der Waals surface area (Å²) in [7, 11) is 2.48. The lowest BCUT2D eigenvalue weighted by molar-refractivity contribution is 0.0216. The maximum absolute atomic E-state index is 13.6. The van der Waals surface area contributed by atoms with E-state index in [0.29, 0.717) is 50.2 Å². The topological polar surface area (TPSA) is 105 Å². The summed E-state index contributed by atoms with van der Waals surface area (Å²) in [5.41, 5.74) is 2.47. The standard InChI is InChI=1S/C26H38N6O4Si/c1-19-8-9-22(36-18-35-14-15-37(5,6)7)20(2)23(19)32-24(28-17-30(3)4)21(16-27)29-25(32)26(33)31-10-12-34-13-11-31/h8-9,17H,10-15,18H2,1-7H3/b28-17+. The number of ether oxygens (including phenoxy) is 3. The molecule has 1 aromatic carbocycles. The SMILES string of the molecule is Cc1ccc(OCOCC[Si](C)(C)C)c(C)c1-n1c(C(=O)N2CCOCC2)nc(C#N)c1/N=C/N(C)C. The van der Waals surface area contributed by atoms with Gasteiger partial charge in [-0.05, 0) is 31.5 Å². The molecule has 1 aromatic heterocycles. The van der Waals surface area contributed by atoms with E-state index in [1.807, 2.05) is 40.1 Å². The fraction of sp³-hybridized carbons (Fsp3) is 0.538. The quantitative estimate of drug-likeness (QED) is 0.153. The molecular formula is C26H38N6O4Si. The number of nitriles is 1. The average molecular weight is 527 g/mol. The molecule has 0 spiro atoms. The average Bonchev–Trinajstić information content (AvgIpc) is 3.21. The molecule has 0 bridgehead atoms. The first kappa shape index (κ1) is 28.4. The van der Waals surface area contributed by atoms with Gasteiger partial charge >= 0.3 is 0 Å². The fourth-order valence-electron chi connectivity index (χ4n) is 3.90. The maximum atomic E-state index is 13.6. The van der Waals surface area contributed by atoms with Crippen LogP contribution >= 0.6 is 0 Å². The van der Waals surface area contributed by atoms with Crippen LogP contribution < -0.4 is 4.74 Å². The Morgan fingerprint density at radius 3 is 2.59 bits per heavy atom. The zero-order chi connectivity index (χ0) is 27.2. The Bertz CT molecular complexity index is 1170. The van der Waals surface area contributed by atoms with E-state index in [1.54, 1.807) is 20.7 Å². The second-order valence-corrected chi connectivity index (χ2v) is 16.1. The van der Waals surface area contributed by atoms with Crippen LogP contribution in [-0.4, -0.2) is 93.5 Å². The molecule has 0 saturated carbocycles. The van der Waals surface area contributed by atoms with Gasteiger partial charge in [0.2, 0.25) is 5.82 Å². The number of hydrogen-bond donors (Lipinski definition) is 0. The number of nitrogens with zero attached hydrogens (tertiary/aromatic N) is 6. The molecule has 0 aliphatic carbocycles. The van der Waals surface area contributed by atoms with E-state index in [2.05, 4.69) is 35.7 Å². The summed E-state index contributed by atoms with van der Waals surface area (Å²) in [5, 5.41) is 9.88. The Morgan fingerprint density at radius 2 is 1.97 bits per heavy atom. The molecule has 11 heteroatoms. The predicted molar refractivity (Wildman–Crippen MR) is 146 cm³/mol. The fourth-order valence-corrected chi connectivity index (χ4v) is 4.66. The molecule has 37 heavy (non-hydrogen) atoms. The number of amides is 1. The minimum absolute atomic E-state index is 0.0783. The van der Waals surface area contributed by atoms with Crippen LogP contribution in [0.2, 0.25) is 25.7 Å². The molecule has 0 radical (unpaired) electrons. The second-order valence-electron chi connectivity index (χ2n) is 10.5. The molecule has 1 saturated heterocycles. The smallest absolute Gasteiger partial charge is 0.290 e. The number of carbonyl (C=O) groups is 1. The van der Waals surface area contributed by atoms with Crippen LogP contribution in [0.3, 0.4) is 0 Å². The summed E-state index contributed by atoms with van der Waals surface area (Å²) >= 11 is 0. The summed E-state index contributed by atoms with van der Waals surface area (Å²) in [6, 6.07) is 6.99. The molecule has 1 amide bonds. The number of rotatable bonds is 10. The maximum Gasteiger partial charge on any atom is 0.290 e. The number of hydrogen-bond acceptors (Lipinski definition) is 7. The first-order chi connectivity index (χ1) is 17.5. The molecule has 10 nitrogen and oxygen atoms in total. The first-order valence-electron chi connectivity index (χ1n) is 12.4. The lowest BCUT2D eigenvalue weighted by Gasteiger charge is -2.27. The summed E-state index contributed by atoms with van der Waals surface area (Å²) in [4.78, 5) is 26.1. The summed E-state index contributed by atoms with van der Waals surface area (Å²) in [6.45, 7) is 13.4. The number of benzene rings is 1. The highest BCUT2D eigenvalue weighted by atomic mass is 28.3. The van der Waals surface area contributed by atoms with Gasteiger partial charge in [-0.2, -0.15) is 5.26 Å². The molecular weight excluding hydrogens is 488 g/mol. The third-order valence-electron chi connectivity index (χ3n) is 5.96. The van der Waals surface area contributed by atoms with Gasteiger partial charge in [-0.3, -0.25) is 9.36 Å². The van der Waals surface area contributed by atoms with Crippen molar-refractivity contribution >= 4 is 26.1 Å². The highest BCUT2D eigenvalue weighted by molar-refractivity contribution is 6.76. The molecule has 1 aliphatic heterocycles. The summed E-state index contributed by atoms with van der Waals surface area (Å²) in [5.74, 6) is 0.792. The van der Waals surface area contributed by atoms with Gasteiger partial charge in [0.05, 0.1) is 25.2 Å². The zero-order valence-corrected chi connectivity index (χ0v) is 24.0. The van der Waals surface area contributed by atoms with Crippen molar-refractivity contribution in [1.29, 1.82) is 5.26 Å². The van der Waals surface area contributed by atoms with E-state index < -0.39 is 8.07 Å². The highest BCUT2D eigenvalue weighted by Crippen LogP contribution is 2.34. The van der Waals surface area contributed by atoms with Crippen molar-refractivity contribution in [2.24, 2.45) is 4.99 Å². The van der Waals surface area contributed by atoms with Gasteiger partial charge in [-0.25, -0.2) is 9.98 Å². The lowest BCUT2D eigenvalue weighted by atomic mass is 10.1. The van der Waals surface area contributed by atoms with Crippen LogP contribution in [0, 0.1) is 25.2 Å². The van der Waals surface area contributed by atoms with Crippen LogP contribution in [0.25, 0.3) is 5.69 Å². The van der Waals surface area contributed by atoms with Gasteiger partial charge in [-0.15, -0.1) is 0 Å². The largest absolute Gasteiger partial charge is 0.467 e. The second kappa shape index (κ2) is 12.4. The summed E-state index contributed by atoms with van der Waals surface area (Å²) in [6.07, 6.45) is 1.59. The van der Waals surface area contributed by atoms with Gasteiger partial charge in [0, 0.05) is 47.4 Å². The molecule has 0 atom stereocenters. The predicted octanol–water partition coefficient (Wildman–Crippen LogP) is 3.75. The van der Waals surface area contributed by atoms with Crippen molar-refractivity contribution in [1.82, 2.24) is 19.4 Å². The number of carbonyl (C=O) groups excluding carboxylic acids is 1. The number of imidazole rings is 1. The van der Waals surface area contributed by atoms with Crippen LogP contribution in [-0.2, 0) is 9.47 Å². The lowest BCUT2D eigenvalue weighted by Crippen LogP contribution is -2.41. The normalized spacial score (nSPS) is 14.2.